The predicted octanol–water partition coefficient (Wildman–Crippen LogP) is -3.69. The zero-order chi connectivity index (χ0) is 8.31. The first-order chi connectivity index (χ1) is 4.46. The summed E-state index contributed by atoms with van der Waals surface area (Å²) >= 11 is 0. The molecule has 0 fully saturated rings. The Bertz CT molecular complexity index is 144. The van der Waals surface area contributed by atoms with Crippen molar-refractivity contribution in [3.05, 3.63) is 0 Å². The summed E-state index contributed by atoms with van der Waals surface area (Å²) < 4.78 is 0. The minimum atomic E-state index is -2.27. The number of carboxylic acids is 2. The Hall–Kier alpha value is 1.12. The second-order valence-electron chi connectivity index (χ2n) is 1.57. The van der Waals surface area contributed by atoms with E-state index in [0.29, 0.717) is 0 Å². The van der Waals surface area contributed by atoms with Crippen molar-refractivity contribution in [1.82, 2.24) is 0 Å². The molecule has 4 N–H and O–H groups in total. The van der Waals surface area contributed by atoms with E-state index in [4.69, 9.17) is 20.4 Å². The van der Waals surface area contributed by atoms with Gasteiger partial charge in [0.15, 0.2) is 12.2 Å². The van der Waals surface area contributed by atoms with Crippen LogP contribution in [-0.4, -0.2) is 112 Å². The molecule has 0 bridgehead atoms. The summed E-state index contributed by atoms with van der Waals surface area (Å²) in [5.74, 6) is -3.54. The SMILES string of the molecule is O=C(O)C(O)C(O)C(=O)O.[CaH2].[NaH]. The summed E-state index contributed by atoms with van der Waals surface area (Å²) in [6.45, 7) is 0. The number of carbonyl (C=O) groups is 2. The van der Waals surface area contributed by atoms with Gasteiger partial charge in [-0.1, -0.05) is 0 Å². The fraction of sp³-hybridized carbons (Fsp3) is 0.500. The molecular weight excluding hydrogens is 207 g/mol. The summed E-state index contributed by atoms with van der Waals surface area (Å²) in [4.78, 5) is 19.5. The molecule has 12 heavy (non-hydrogen) atoms. The van der Waals surface area contributed by atoms with Gasteiger partial charge in [0.2, 0.25) is 0 Å². The van der Waals surface area contributed by atoms with Crippen molar-refractivity contribution in [2.45, 2.75) is 12.2 Å². The van der Waals surface area contributed by atoms with Crippen LogP contribution in [0, 0.1) is 0 Å². The van der Waals surface area contributed by atoms with E-state index >= 15 is 0 Å². The van der Waals surface area contributed by atoms with Gasteiger partial charge in [-0.15, -0.1) is 0 Å². The summed E-state index contributed by atoms with van der Waals surface area (Å²) in [5.41, 5.74) is 0. The third-order valence-electron chi connectivity index (χ3n) is 0.805. The average Bonchev–Trinajstić information content (AvgIpc) is 1.84. The molecule has 0 radical (unpaired) electrons. The molecule has 2 unspecified atom stereocenters. The monoisotopic (exact) mass is 216 g/mol. The van der Waals surface area contributed by atoms with Gasteiger partial charge < -0.3 is 20.4 Å². The van der Waals surface area contributed by atoms with Crippen molar-refractivity contribution in [1.29, 1.82) is 0 Å². The van der Waals surface area contributed by atoms with Crippen molar-refractivity contribution in [2.75, 3.05) is 0 Å². The molecule has 0 spiro atoms. The Morgan fingerprint density at radius 1 is 0.917 bits per heavy atom. The van der Waals surface area contributed by atoms with E-state index in [2.05, 4.69) is 0 Å². The molecule has 64 valence electrons. The normalized spacial score (nSPS) is 13.2. The Balaban J connectivity index is -0.000000405. The Morgan fingerprint density at radius 3 is 1.17 bits per heavy atom. The van der Waals surface area contributed by atoms with E-state index in [9.17, 15) is 9.59 Å². The van der Waals surface area contributed by atoms with E-state index in [1.54, 1.807) is 0 Å². The summed E-state index contributed by atoms with van der Waals surface area (Å²) in [5, 5.41) is 32.5. The number of aliphatic hydroxyl groups excluding tert-OH is 2. The van der Waals surface area contributed by atoms with Crippen LogP contribution in [0.25, 0.3) is 0 Å². The molecule has 0 aliphatic carbocycles. The number of aliphatic carboxylic acids is 2. The van der Waals surface area contributed by atoms with Crippen LogP contribution >= 0.6 is 0 Å². The molecule has 0 aromatic carbocycles. The van der Waals surface area contributed by atoms with Crippen molar-refractivity contribution < 1.29 is 30.0 Å². The fourth-order valence-corrected chi connectivity index (χ4v) is 0.270. The van der Waals surface area contributed by atoms with E-state index < -0.39 is 24.1 Å². The van der Waals surface area contributed by atoms with Gasteiger partial charge in [0, 0.05) is 0 Å². The third-order valence-corrected chi connectivity index (χ3v) is 0.805. The van der Waals surface area contributed by atoms with Crippen LogP contribution in [0.3, 0.4) is 0 Å². The molecule has 0 rings (SSSR count). The van der Waals surface area contributed by atoms with Crippen LogP contribution in [-0.2, 0) is 9.59 Å². The minimum absolute atomic E-state index is 0. The first kappa shape index (κ1) is 18.8. The molecule has 0 amide bonds. The summed E-state index contributed by atoms with van der Waals surface area (Å²) in [6.07, 6.45) is -4.53. The molecule has 2 atom stereocenters. The van der Waals surface area contributed by atoms with Crippen LogP contribution in [0.2, 0.25) is 0 Å². The van der Waals surface area contributed by atoms with Crippen molar-refractivity contribution in [2.24, 2.45) is 0 Å². The standard InChI is InChI=1S/C4H6O6.Ca.Na.3H/c5-1(3(7)8)2(6)4(9)10;;;;;/h1-2,5-6H,(H,7,8)(H,9,10);;;;;. The molecule has 0 heterocycles. The van der Waals surface area contributed by atoms with Crippen LogP contribution in [0.1, 0.15) is 0 Å². The molecule has 0 saturated heterocycles. The van der Waals surface area contributed by atoms with Gasteiger partial charge >= 0.3 is 79.2 Å². The van der Waals surface area contributed by atoms with E-state index in [1.807, 2.05) is 0 Å². The molecule has 0 saturated carbocycles. The molecule has 0 aliphatic rings. The fourth-order valence-electron chi connectivity index (χ4n) is 0.270. The number of carboxylic acid groups (broad SMARTS) is 2. The molecular formula is C4H9CaNaO6. The molecule has 6 nitrogen and oxygen atoms in total. The van der Waals surface area contributed by atoms with Gasteiger partial charge in [-0.25, -0.2) is 9.59 Å². The van der Waals surface area contributed by atoms with Crippen molar-refractivity contribution in [3.8, 4) is 0 Å². The molecule has 0 aromatic heterocycles. The van der Waals surface area contributed by atoms with Crippen LogP contribution in [0.5, 0.6) is 0 Å². The summed E-state index contributed by atoms with van der Waals surface area (Å²) in [7, 11) is 0. The van der Waals surface area contributed by atoms with Gasteiger partial charge in [-0.2, -0.15) is 0 Å². The third kappa shape index (κ3) is 6.62. The Kier molecular flexibility index (Phi) is 13.7. The van der Waals surface area contributed by atoms with Gasteiger partial charge in [-0.3, -0.25) is 0 Å². The van der Waals surface area contributed by atoms with Crippen molar-refractivity contribution in [3.63, 3.8) is 0 Å². The quantitative estimate of drug-likeness (QED) is 0.361. The van der Waals surface area contributed by atoms with Crippen LogP contribution in [0.15, 0.2) is 0 Å². The zero-order valence-corrected chi connectivity index (χ0v) is 4.76. The number of hydrogen-bond acceptors (Lipinski definition) is 4. The van der Waals surface area contributed by atoms with E-state index in [1.165, 1.54) is 0 Å². The second kappa shape index (κ2) is 8.71. The van der Waals surface area contributed by atoms with E-state index in [-0.39, 0.29) is 67.3 Å². The van der Waals surface area contributed by atoms with Gasteiger partial charge in [-0.05, 0) is 0 Å². The predicted molar refractivity (Wildman–Crippen MR) is 43.0 cm³/mol. The van der Waals surface area contributed by atoms with Gasteiger partial charge in [0.25, 0.3) is 0 Å². The maximum atomic E-state index is 9.77. The molecule has 8 heteroatoms. The first-order valence-electron chi connectivity index (χ1n) is 2.28. The average molecular weight is 216 g/mol. The first-order valence-corrected chi connectivity index (χ1v) is 2.28. The molecule has 0 aliphatic heterocycles. The molecule has 0 aromatic rings. The van der Waals surface area contributed by atoms with Crippen molar-refractivity contribution >= 4 is 79.2 Å². The Labute approximate surface area is 120 Å². The van der Waals surface area contributed by atoms with Gasteiger partial charge in [0.05, 0.1) is 0 Å². The van der Waals surface area contributed by atoms with Crippen LogP contribution in [0.4, 0.5) is 0 Å². The van der Waals surface area contributed by atoms with E-state index in [0.717, 1.165) is 0 Å². The maximum absolute atomic E-state index is 9.77. The number of rotatable bonds is 3. The van der Waals surface area contributed by atoms with Gasteiger partial charge in [0.1, 0.15) is 0 Å². The van der Waals surface area contributed by atoms with Crippen LogP contribution < -0.4 is 0 Å². The topological polar surface area (TPSA) is 115 Å². The second-order valence-corrected chi connectivity index (χ2v) is 1.57. The number of hydrogen-bond donors (Lipinski definition) is 4. The number of aliphatic hydroxyl groups is 2. The zero-order valence-electron chi connectivity index (χ0n) is 4.76. The Morgan fingerprint density at radius 2 is 1.08 bits per heavy atom. The summed E-state index contributed by atoms with van der Waals surface area (Å²) in [6, 6.07) is 0.